The Bertz CT molecular complexity index is 990. The molecule has 0 aromatic carbocycles. The Morgan fingerprint density at radius 3 is 1.41 bits per heavy atom. The quantitative estimate of drug-likeness (QED) is 0.102. The molecule has 4 rings (SSSR count). The Morgan fingerprint density at radius 2 is 0.870 bits per heavy atom. The van der Waals surface area contributed by atoms with Gasteiger partial charge in [-0.25, -0.2) is 4.79 Å². The molecule has 4 aliphatic heterocycles. The van der Waals surface area contributed by atoms with Gasteiger partial charge in [-0.1, -0.05) is 0 Å². The van der Waals surface area contributed by atoms with Gasteiger partial charge in [-0.15, -0.1) is 0 Å². The van der Waals surface area contributed by atoms with Crippen LogP contribution in [0.3, 0.4) is 0 Å². The standard InChI is InChI=1S/C24H40O22/c25-1-4-7(28)10(31)13(34)22(41-4)46-19-17(9(30)5(2-26)40-21(19)39)44-24-15(36)16(8(29)6(3-27)42-24)43-23-14(35)11(32)12(33)18(45-23)20(37)38/h4-19,21-36,39H,1-3H2,(H,37,38)/t4-,5-,6-,7+,8+,9-,10+,11+,12+,13-,14-,15-,16+,17+,18+,19+,21?,22+,23-,24-/m1/s1. The second kappa shape index (κ2) is 15.5. The third-order valence-electron chi connectivity index (χ3n) is 8.17. The highest BCUT2D eigenvalue weighted by Crippen LogP contribution is 2.34. The van der Waals surface area contributed by atoms with E-state index in [0.29, 0.717) is 0 Å². The van der Waals surface area contributed by atoms with Gasteiger partial charge in [0.25, 0.3) is 0 Å². The largest absolute Gasteiger partial charge is 0.479 e. The van der Waals surface area contributed by atoms with Gasteiger partial charge in [-0.05, 0) is 0 Å². The highest BCUT2D eigenvalue weighted by atomic mass is 16.8. The van der Waals surface area contributed by atoms with E-state index in [0.717, 1.165) is 0 Å². The third-order valence-corrected chi connectivity index (χ3v) is 8.17. The third kappa shape index (κ3) is 7.31. The molecule has 0 bridgehead atoms. The molecule has 4 saturated heterocycles. The van der Waals surface area contributed by atoms with E-state index in [1.54, 1.807) is 0 Å². The number of hydrogen-bond acceptors (Lipinski definition) is 21. The second-order valence-electron chi connectivity index (χ2n) is 11.2. The highest BCUT2D eigenvalue weighted by molar-refractivity contribution is 5.73. The molecule has 46 heavy (non-hydrogen) atoms. The summed E-state index contributed by atoms with van der Waals surface area (Å²) in [5.41, 5.74) is 0. The van der Waals surface area contributed by atoms with Crippen molar-refractivity contribution >= 4 is 5.97 Å². The van der Waals surface area contributed by atoms with Crippen LogP contribution in [0.15, 0.2) is 0 Å². The van der Waals surface area contributed by atoms with Crippen LogP contribution in [0.4, 0.5) is 0 Å². The van der Waals surface area contributed by atoms with E-state index in [1.165, 1.54) is 0 Å². The zero-order valence-electron chi connectivity index (χ0n) is 23.7. The molecule has 0 amide bonds. The predicted octanol–water partition coefficient (Wildman–Crippen LogP) is -9.66. The second-order valence-corrected chi connectivity index (χ2v) is 11.2. The maximum absolute atomic E-state index is 11.5. The van der Waals surface area contributed by atoms with Crippen molar-refractivity contribution in [1.82, 2.24) is 0 Å². The number of carbonyl (C=O) groups is 1. The molecule has 22 nitrogen and oxygen atoms in total. The van der Waals surface area contributed by atoms with E-state index in [4.69, 9.17) is 33.2 Å². The van der Waals surface area contributed by atoms with E-state index in [9.17, 15) is 76.3 Å². The first kappa shape index (κ1) is 37.5. The molecule has 0 aromatic rings. The molecule has 0 aliphatic carbocycles. The fraction of sp³-hybridized carbons (Fsp3) is 0.958. The maximum Gasteiger partial charge on any atom is 0.335 e. The summed E-state index contributed by atoms with van der Waals surface area (Å²) < 4.78 is 37.4. The Morgan fingerprint density at radius 1 is 0.457 bits per heavy atom. The van der Waals surface area contributed by atoms with Crippen molar-refractivity contribution in [2.45, 2.75) is 123 Å². The van der Waals surface area contributed by atoms with Gasteiger partial charge in [-0.2, -0.15) is 0 Å². The summed E-state index contributed by atoms with van der Waals surface area (Å²) in [6.45, 7) is -2.72. The normalized spacial score (nSPS) is 51.9. The van der Waals surface area contributed by atoms with Crippen molar-refractivity contribution in [3.63, 3.8) is 0 Å². The number of carboxylic acid groups (broad SMARTS) is 1. The monoisotopic (exact) mass is 680 g/mol. The lowest BCUT2D eigenvalue weighted by atomic mass is 9.95. The molecule has 4 heterocycles. The molecular formula is C24H40O22. The number of carboxylic acids is 1. The molecule has 0 radical (unpaired) electrons. The lowest BCUT2D eigenvalue weighted by Gasteiger charge is -2.49. The minimum atomic E-state index is -2.16. The van der Waals surface area contributed by atoms with Crippen LogP contribution >= 0.6 is 0 Å². The Balaban J connectivity index is 1.58. The minimum Gasteiger partial charge on any atom is -0.479 e. The van der Waals surface area contributed by atoms with E-state index in [-0.39, 0.29) is 0 Å². The number of rotatable bonds is 10. The van der Waals surface area contributed by atoms with Crippen molar-refractivity contribution < 1.29 is 109 Å². The molecule has 0 aromatic heterocycles. The van der Waals surface area contributed by atoms with Crippen molar-refractivity contribution in [3.05, 3.63) is 0 Å². The van der Waals surface area contributed by atoms with Crippen LogP contribution in [-0.4, -0.2) is 220 Å². The van der Waals surface area contributed by atoms with Crippen LogP contribution in [0.25, 0.3) is 0 Å². The van der Waals surface area contributed by atoms with Gasteiger partial charge in [0.15, 0.2) is 31.3 Å². The van der Waals surface area contributed by atoms with Crippen molar-refractivity contribution in [3.8, 4) is 0 Å². The van der Waals surface area contributed by atoms with E-state index in [2.05, 4.69) is 0 Å². The van der Waals surface area contributed by atoms with Gasteiger partial charge in [0, 0.05) is 0 Å². The van der Waals surface area contributed by atoms with Crippen molar-refractivity contribution in [2.75, 3.05) is 19.8 Å². The Kier molecular flexibility index (Phi) is 12.6. The summed E-state index contributed by atoms with van der Waals surface area (Å²) in [5, 5.41) is 143. The molecule has 0 saturated carbocycles. The number of aliphatic hydroxyl groups is 13. The van der Waals surface area contributed by atoms with Crippen LogP contribution in [0.1, 0.15) is 0 Å². The molecule has 0 spiro atoms. The van der Waals surface area contributed by atoms with Gasteiger partial charge in [0.05, 0.1) is 19.8 Å². The molecule has 4 aliphatic rings. The summed E-state index contributed by atoms with van der Waals surface area (Å²) >= 11 is 0. The van der Waals surface area contributed by atoms with Crippen LogP contribution in [0, 0.1) is 0 Å². The molecule has 22 heteroatoms. The van der Waals surface area contributed by atoms with E-state index in [1.807, 2.05) is 0 Å². The molecule has 4 fully saturated rings. The first-order valence-corrected chi connectivity index (χ1v) is 14.1. The summed E-state index contributed by atoms with van der Waals surface area (Å²) in [5.74, 6) is -1.76. The summed E-state index contributed by atoms with van der Waals surface area (Å²) in [7, 11) is 0. The van der Waals surface area contributed by atoms with Crippen LogP contribution in [-0.2, 0) is 38.0 Å². The number of hydrogen-bond donors (Lipinski definition) is 14. The average Bonchev–Trinajstić information content (AvgIpc) is 3.03. The fourth-order valence-corrected chi connectivity index (χ4v) is 5.49. The van der Waals surface area contributed by atoms with Gasteiger partial charge >= 0.3 is 5.97 Å². The fourth-order valence-electron chi connectivity index (χ4n) is 5.49. The van der Waals surface area contributed by atoms with Crippen molar-refractivity contribution in [2.24, 2.45) is 0 Å². The number of ether oxygens (including phenoxy) is 7. The van der Waals surface area contributed by atoms with Gasteiger partial charge in [0.1, 0.15) is 91.6 Å². The predicted molar refractivity (Wildman–Crippen MR) is 134 cm³/mol. The maximum atomic E-state index is 11.5. The van der Waals surface area contributed by atoms with Crippen LogP contribution < -0.4 is 0 Å². The molecule has 268 valence electrons. The smallest absolute Gasteiger partial charge is 0.335 e. The molecule has 1 unspecified atom stereocenters. The van der Waals surface area contributed by atoms with Gasteiger partial charge < -0.3 is 105 Å². The highest BCUT2D eigenvalue weighted by Gasteiger charge is 2.56. The first-order chi connectivity index (χ1) is 21.7. The van der Waals surface area contributed by atoms with Crippen molar-refractivity contribution in [1.29, 1.82) is 0 Å². The lowest BCUT2D eigenvalue weighted by Crippen LogP contribution is -2.68. The average molecular weight is 681 g/mol. The van der Waals surface area contributed by atoms with Gasteiger partial charge in [0.2, 0.25) is 0 Å². The summed E-state index contributed by atoms with van der Waals surface area (Å²) in [4.78, 5) is 11.5. The van der Waals surface area contributed by atoms with E-state index >= 15 is 0 Å². The molecular weight excluding hydrogens is 640 g/mol. The zero-order valence-corrected chi connectivity index (χ0v) is 23.7. The summed E-state index contributed by atoms with van der Waals surface area (Å²) in [6, 6.07) is 0. The molecule has 20 atom stereocenters. The summed E-state index contributed by atoms with van der Waals surface area (Å²) in [6.07, 6.45) is -38.7. The number of aliphatic hydroxyl groups excluding tert-OH is 13. The lowest BCUT2D eigenvalue weighted by molar-refractivity contribution is -0.395. The topological polar surface area (TPSA) is 365 Å². The first-order valence-electron chi connectivity index (χ1n) is 14.1. The van der Waals surface area contributed by atoms with Crippen LogP contribution in [0.5, 0.6) is 0 Å². The SMILES string of the molecule is O=C(O)[C@H]1O[C@@H](O[C@H]2[C@@H](O)[C@@H](CO)O[C@H](O[C@H]3[C@H](O)[C@@H](CO)OC(O)[C@H]3O[C@@H]3O[C@H](CO)[C@H](O)[C@H](O)[C@H]3O)[C@@H]2O)[C@H](O)[C@@H](O)[C@@H]1O. The Labute approximate surface area is 258 Å². The molecule has 14 N–H and O–H groups in total. The van der Waals surface area contributed by atoms with Gasteiger partial charge in [-0.3, -0.25) is 0 Å². The zero-order chi connectivity index (χ0) is 34.2. The minimum absolute atomic E-state index is 0.847. The number of aliphatic carboxylic acids is 1. The van der Waals surface area contributed by atoms with E-state index < -0.39 is 149 Å². The Hall–Kier alpha value is -1.33. The van der Waals surface area contributed by atoms with Crippen LogP contribution in [0.2, 0.25) is 0 Å².